The van der Waals surface area contributed by atoms with E-state index in [1.54, 1.807) is 32.2 Å². The van der Waals surface area contributed by atoms with Gasteiger partial charge in [0.1, 0.15) is 22.5 Å². The monoisotopic (exact) mass is 532 g/mol. The first-order valence-electron chi connectivity index (χ1n) is 13.1. The Bertz CT molecular complexity index is 1150. The SMILES string of the molecule is COc1ccccc1-c1ccc2c(c1)O[C@H](CN(C)CC1CCOCC1)[C@H](C)CN([C@H](C)CO)S2(=O)=O. The van der Waals surface area contributed by atoms with Crippen LogP contribution in [0.25, 0.3) is 11.1 Å². The maximum Gasteiger partial charge on any atom is 0.247 e. The normalized spacial score (nSPS) is 23.5. The third kappa shape index (κ3) is 6.29. The number of nitrogens with zero attached hydrogens (tertiary/aromatic N) is 2. The maximum atomic E-state index is 13.8. The van der Waals surface area contributed by atoms with E-state index in [1.807, 2.05) is 31.2 Å². The zero-order valence-electron chi connectivity index (χ0n) is 22.3. The van der Waals surface area contributed by atoms with Crippen LogP contribution in [0.1, 0.15) is 26.7 Å². The van der Waals surface area contributed by atoms with Gasteiger partial charge in [-0.2, -0.15) is 4.31 Å². The summed E-state index contributed by atoms with van der Waals surface area (Å²) in [4.78, 5) is 2.41. The van der Waals surface area contributed by atoms with E-state index in [0.29, 0.717) is 24.0 Å². The highest BCUT2D eigenvalue weighted by molar-refractivity contribution is 7.89. The molecular formula is C28H40N2O6S. The third-order valence-electron chi connectivity index (χ3n) is 7.49. The lowest BCUT2D eigenvalue weighted by molar-refractivity contribution is 0.0402. The van der Waals surface area contributed by atoms with E-state index in [4.69, 9.17) is 14.2 Å². The van der Waals surface area contributed by atoms with Crippen LogP contribution in [0.2, 0.25) is 0 Å². The van der Waals surface area contributed by atoms with Crippen molar-refractivity contribution in [3.05, 3.63) is 42.5 Å². The van der Waals surface area contributed by atoms with Crippen LogP contribution in [0.3, 0.4) is 0 Å². The van der Waals surface area contributed by atoms with Gasteiger partial charge in [0.25, 0.3) is 0 Å². The van der Waals surface area contributed by atoms with Crippen molar-refractivity contribution in [2.75, 3.05) is 53.6 Å². The highest BCUT2D eigenvalue weighted by Crippen LogP contribution is 2.38. The van der Waals surface area contributed by atoms with Crippen molar-refractivity contribution >= 4 is 10.0 Å². The number of methoxy groups -OCH3 is 1. The summed E-state index contributed by atoms with van der Waals surface area (Å²) in [5, 5.41) is 9.89. The Kier molecular flexibility index (Phi) is 9.13. The Morgan fingerprint density at radius 2 is 1.89 bits per heavy atom. The van der Waals surface area contributed by atoms with Crippen LogP contribution in [-0.2, 0) is 14.8 Å². The largest absolute Gasteiger partial charge is 0.496 e. The summed E-state index contributed by atoms with van der Waals surface area (Å²) in [6.45, 7) is 7.00. The molecule has 1 saturated heterocycles. The first-order chi connectivity index (χ1) is 17.7. The van der Waals surface area contributed by atoms with E-state index in [-0.39, 0.29) is 30.1 Å². The molecule has 0 unspecified atom stereocenters. The highest BCUT2D eigenvalue weighted by atomic mass is 32.2. The van der Waals surface area contributed by atoms with E-state index < -0.39 is 16.1 Å². The minimum Gasteiger partial charge on any atom is -0.496 e. The number of hydrogen-bond acceptors (Lipinski definition) is 7. The molecule has 2 aliphatic heterocycles. The second-order valence-electron chi connectivity index (χ2n) is 10.4. The molecular weight excluding hydrogens is 492 g/mol. The van der Waals surface area contributed by atoms with Gasteiger partial charge >= 0.3 is 0 Å². The van der Waals surface area contributed by atoms with Crippen LogP contribution in [0.5, 0.6) is 11.5 Å². The summed E-state index contributed by atoms with van der Waals surface area (Å²) in [5.74, 6) is 1.52. The average Bonchev–Trinajstić information content (AvgIpc) is 2.90. The van der Waals surface area contributed by atoms with Gasteiger partial charge in [0.05, 0.1) is 13.7 Å². The fourth-order valence-electron chi connectivity index (χ4n) is 5.25. The minimum atomic E-state index is -3.89. The summed E-state index contributed by atoms with van der Waals surface area (Å²) in [7, 11) is -0.169. The van der Waals surface area contributed by atoms with Gasteiger partial charge in [-0.3, -0.25) is 0 Å². The lowest BCUT2D eigenvalue weighted by atomic mass is 9.98. The van der Waals surface area contributed by atoms with Gasteiger partial charge in [0.2, 0.25) is 10.0 Å². The lowest BCUT2D eigenvalue weighted by Crippen LogP contribution is -2.50. The average molecular weight is 533 g/mol. The third-order valence-corrected chi connectivity index (χ3v) is 9.51. The smallest absolute Gasteiger partial charge is 0.247 e. The number of hydrogen-bond donors (Lipinski definition) is 1. The van der Waals surface area contributed by atoms with Gasteiger partial charge < -0.3 is 24.2 Å². The van der Waals surface area contributed by atoms with Crippen LogP contribution >= 0.6 is 0 Å². The zero-order chi connectivity index (χ0) is 26.6. The summed E-state index contributed by atoms with van der Waals surface area (Å²) in [6, 6.07) is 12.3. The quantitative estimate of drug-likeness (QED) is 0.557. The van der Waals surface area contributed by atoms with Gasteiger partial charge in [-0.05, 0) is 56.5 Å². The molecule has 0 saturated carbocycles. The Morgan fingerprint density at radius 1 is 1.16 bits per heavy atom. The van der Waals surface area contributed by atoms with Crippen LogP contribution in [0.4, 0.5) is 0 Å². The Morgan fingerprint density at radius 3 is 2.59 bits per heavy atom. The molecule has 0 aliphatic carbocycles. The van der Waals surface area contributed by atoms with Crippen molar-refractivity contribution in [2.45, 2.75) is 43.7 Å². The van der Waals surface area contributed by atoms with Crippen LogP contribution < -0.4 is 9.47 Å². The minimum absolute atomic E-state index is 0.0935. The van der Waals surface area contributed by atoms with Crippen LogP contribution in [0, 0.1) is 11.8 Å². The van der Waals surface area contributed by atoms with Gasteiger partial charge in [-0.1, -0.05) is 31.2 Å². The van der Waals surface area contributed by atoms with E-state index in [9.17, 15) is 13.5 Å². The molecule has 37 heavy (non-hydrogen) atoms. The molecule has 4 rings (SSSR count). The fraction of sp³-hybridized carbons (Fsp3) is 0.571. The van der Waals surface area contributed by atoms with Crippen LogP contribution in [-0.4, -0.2) is 88.5 Å². The molecule has 1 fully saturated rings. The van der Waals surface area contributed by atoms with E-state index in [1.165, 1.54) is 4.31 Å². The van der Waals surface area contributed by atoms with E-state index in [0.717, 1.165) is 43.7 Å². The molecule has 2 aromatic carbocycles. The summed E-state index contributed by atoms with van der Waals surface area (Å²) < 4.78 is 46.6. The van der Waals surface area contributed by atoms with Crippen molar-refractivity contribution in [1.29, 1.82) is 0 Å². The Hall–Kier alpha value is -2.17. The predicted molar refractivity (Wildman–Crippen MR) is 143 cm³/mol. The molecule has 2 aliphatic rings. The standard InChI is InChI=1S/C28H40N2O6S/c1-20-16-30(21(2)19-31)37(32,33)28-10-9-23(24-7-5-6-8-25(24)34-4)15-26(28)36-27(20)18-29(3)17-22-11-13-35-14-12-22/h5-10,15,20-22,27,31H,11-14,16-19H2,1-4H3/t20-,21-,27-/m1/s1. The van der Waals surface area contributed by atoms with Gasteiger partial charge in [0.15, 0.2) is 0 Å². The lowest BCUT2D eigenvalue weighted by Gasteiger charge is -2.38. The predicted octanol–water partition coefficient (Wildman–Crippen LogP) is 3.49. The number of fused-ring (bicyclic) bond motifs is 1. The first-order valence-corrected chi connectivity index (χ1v) is 14.5. The molecule has 0 amide bonds. The van der Waals surface area contributed by atoms with Crippen molar-refractivity contribution in [2.24, 2.45) is 11.8 Å². The second-order valence-corrected chi connectivity index (χ2v) is 12.2. The van der Waals surface area contributed by atoms with E-state index >= 15 is 0 Å². The Balaban J connectivity index is 1.71. The van der Waals surface area contributed by atoms with Crippen molar-refractivity contribution in [3.63, 3.8) is 0 Å². The first kappa shape index (κ1) is 27.9. The maximum absolute atomic E-state index is 13.8. The second kappa shape index (κ2) is 12.1. The number of rotatable bonds is 8. The summed E-state index contributed by atoms with van der Waals surface area (Å²) >= 11 is 0. The Labute approximate surface area is 221 Å². The fourth-order valence-corrected chi connectivity index (χ4v) is 7.07. The number of aliphatic hydroxyl groups excluding tert-OH is 1. The number of likely N-dealkylation sites (N-methyl/N-ethyl adjacent to an activating group) is 1. The molecule has 9 heteroatoms. The van der Waals surface area contributed by atoms with Crippen molar-refractivity contribution < 1.29 is 27.7 Å². The molecule has 204 valence electrons. The highest BCUT2D eigenvalue weighted by Gasteiger charge is 2.38. The van der Waals surface area contributed by atoms with Crippen LogP contribution in [0.15, 0.2) is 47.4 Å². The molecule has 3 atom stereocenters. The molecule has 1 N–H and O–H groups in total. The molecule has 0 bridgehead atoms. The number of benzene rings is 2. The molecule has 0 spiro atoms. The van der Waals surface area contributed by atoms with Gasteiger partial charge in [-0.25, -0.2) is 8.42 Å². The number of aliphatic hydroxyl groups is 1. The molecule has 0 radical (unpaired) electrons. The van der Waals surface area contributed by atoms with Gasteiger partial charge in [0, 0.05) is 50.4 Å². The molecule has 2 heterocycles. The molecule has 2 aromatic rings. The van der Waals surface area contributed by atoms with Crippen molar-refractivity contribution in [1.82, 2.24) is 9.21 Å². The van der Waals surface area contributed by atoms with Gasteiger partial charge in [-0.15, -0.1) is 0 Å². The van der Waals surface area contributed by atoms with Crippen molar-refractivity contribution in [3.8, 4) is 22.6 Å². The topological polar surface area (TPSA) is 88.5 Å². The number of para-hydroxylation sites is 1. The molecule has 8 nitrogen and oxygen atoms in total. The molecule has 0 aromatic heterocycles. The van der Waals surface area contributed by atoms with E-state index in [2.05, 4.69) is 11.9 Å². The summed E-state index contributed by atoms with van der Waals surface area (Å²) in [5.41, 5.74) is 1.67. The number of ether oxygens (including phenoxy) is 3. The number of sulfonamides is 1. The zero-order valence-corrected chi connectivity index (χ0v) is 23.1. The summed E-state index contributed by atoms with van der Waals surface area (Å²) in [6.07, 6.45) is 1.87.